The molecule has 0 radical (unpaired) electrons. The van der Waals surface area contributed by atoms with E-state index < -0.39 is 5.82 Å². The number of aryl methyl sites for hydroxylation is 1. The number of halogens is 1. The summed E-state index contributed by atoms with van der Waals surface area (Å²) in [5, 5.41) is 11.7. The van der Waals surface area contributed by atoms with Crippen LogP contribution in [0.25, 0.3) is 11.4 Å². The van der Waals surface area contributed by atoms with Crippen LogP contribution in [0.1, 0.15) is 38.5 Å². The van der Waals surface area contributed by atoms with Gasteiger partial charge in [-0.3, -0.25) is 0 Å². The van der Waals surface area contributed by atoms with Gasteiger partial charge in [0, 0.05) is 12.1 Å². The highest BCUT2D eigenvalue weighted by atomic mass is 19.1. The fourth-order valence-electron chi connectivity index (χ4n) is 3.06. The molecule has 0 saturated heterocycles. The van der Waals surface area contributed by atoms with E-state index >= 15 is 0 Å². The molecule has 1 saturated carbocycles. The molecule has 0 spiro atoms. The Labute approximate surface area is 123 Å². The Morgan fingerprint density at radius 1 is 1.29 bits per heavy atom. The van der Waals surface area contributed by atoms with Crippen LogP contribution in [0.3, 0.4) is 0 Å². The summed E-state index contributed by atoms with van der Waals surface area (Å²) in [6.07, 6.45) is 7.71. The number of nitrogen functional groups attached to an aromatic ring is 1. The Kier molecular flexibility index (Phi) is 4.13. The third kappa shape index (κ3) is 3.20. The van der Waals surface area contributed by atoms with Crippen LogP contribution in [0.2, 0.25) is 0 Å². The second-order valence-corrected chi connectivity index (χ2v) is 5.75. The van der Waals surface area contributed by atoms with Gasteiger partial charge in [-0.05, 0) is 47.4 Å². The van der Waals surface area contributed by atoms with Crippen LogP contribution in [-0.4, -0.2) is 20.2 Å². The van der Waals surface area contributed by atoms with Crippen molar-refractivity contribution in [2.24, 2.45) is 5.92 Å². The largest absolute Gasteiger partial charge is 0.396 e. The van der Waals surface area contributed by atoms with Crippen LogP contribution < -0.4 is 5.73 Å². The lowest BCUT2D eigenvalue weighted by molar-refractivity contribution is 0.444. The number of hydrogen-bond donors (Lipinski definition) is 1. The summed E-state index contributed by atoms with van der Waals surface area (Å²) >= 11 is 0. The van der Waals surface area contributed by atoms with Crippen molar-refractivity contribution >= 4 is 5.69 Å². The lowest BCUT2D eigenvalue weighted by atomic mass is 10.0. The summed E-state index contributed by atoms with van der Waals surface area (Å²) in [5.74, 6) is 1.02. The Hall–Kier alpha value is -1.98. The summed E-state index contributed by atoms with van der Waals surface area (Å²) in [6.45, 7) is 0.769. The Balaban J connectivity index is 1.66. The average Bonchev–Trinajstić information content (AvgIpc) is 3.13. The van der Waals surface area contributed by atoms with Crippen molar-refractivity contribution in [1.29, 1.82) is 0 Å². The maximum Gasteiger partial charge on any atom is 0.182 e. The van der Waals surface area contributed by atoms with E-state index in [0.717, 1.165) is 18.9 Å². The maximum absolute atomic E-state index is 13.6. The fourth-order valence-corrected chi connectivity index (χ4v) is 3.06. The lowest BCUT2D eigenvalue weighted by Crippen LogP contribution is -2.05. The van der Waals surface area contributed by atoms with E-state index in [1.807, 2.05) is 0 Å². The highest BCUT2D eigenvalue weighted by molar-refractivity contribution is 5.58. The molecule has 0 unspecified atom stereocenters. The molecule has 1 heterocycles. The second-order valence-electron chi connectivity index (χ2n) is 5.75. The zero-order valence-electron chi connectivity index (χ0n) is 12.0. The highest BCUT2D eigenvalue weighted by Crippen LogP contribution is 2.29. The van der Waals surface area contributed by atoms with Gasteiger partial charge >= 0.3 is 0 Å². The highest BCUT2D eigenvalue weighted by Gasteiger charge is 2.15. The number of tetrazole rings is 1. The predicted octanol–water partition coefficient (Wildman–Crippen LogP) is 3.03. The smallest absolute Gasteiger partial charge is 0.182 e. The van der Waals surface area contributed by atoms with Crippen LogP contribution in [0.5, 0.6) is 0 Å². The topological polar surface area (TPSA) is 69.6 Å². The molecule has 6 heteroatoms. The zero-order chi connectivity index (χ0) is 14.7. The zero-order valence-corrected chi connectivity index (χ0v) is 12.0. The summed E-state index contributed by atoms with van der Waals surface area (Å²) in [6, 6.07) is 4.67. The van der Waals surface area contributed by atoms with Crippen LogP contribution in [0, 0.1) is 11.7 Å². The number of rotatable bonds is 5. The molecule has 5 nitrogen and oxygen atoms in total. The number of nitrogens with zero attached hydrogens (tertiary/aromatic N) is 4. The van der Waals surface area contributed by atoms with Gasteiger partial charge in [0.25, 0.3) is 0 Å². The van der Waals surface area contributed by atoms with Crippen molar-refractivity contribution in [3.8, 4) is 11.4 Å². The standard InChI is InChI=1S/C15H20FN5/c16-13-10-12(7-8-14(13)17)15-18-19-20-21(15)9-3-6-11-4-1-2-5-11/h7-8,10-11H,1-6,9,17H2. The van der Waals surface area contributed by atoms with Crippen LogP contribution in [-0.2, 0) is 6.54 Å². The molecule has 0 aliphatic heterocycles. The quantitative estimate of drug-likeness (QED) is 0.859. The first-order valence-electron chi connectivity index (χ1n) is 7.55. The third-order valence-electron chi connectivity index (χ3n) is 4.25. The summed E-state index contributed by atoms with van der Waals surface area (Å²) in [4.78, 5) is 0. The van der Waals surface area contributed by atoms with Crippen LogP contribution >= 0.6 is 0 Å². The molecule has 0 bridgehead atoms. The Bertz CT molecular complexity index is 604. The van der Waals surface area contributed by atoms with E-state index in [2.05, 4.69) is 15.5 Å². The number of anilines is 1. The van der Waals surface area contributed by atoms with Crippen molar-refractivity contribution in [3.05, 3.63) is 24.0 Å². The van der Waals surface area contributed by atoms with Gasteiger partial charge in [0.15, 0.2) is 5.82 Å². The first-order chi connectivity index (χ1) is 10.2. The molecule has 1 fully saturated rings. The molecule has 2 aromatic rings. The molecular formula is C15H20FN5. The SMILES string of the molecule is Nc1ccc(-c2nnnn2CCCC2CCCC2)cc1F. The van der Waals surface area contributed by atoms with E-state index in [-0.39, 0.29) is 5.69 Å². The molecule has 21 heavy (non-hydrogen) atoms. The lowest BCUT2D eigenvalue weighted by Gasteiger charge is -2.09. The number of benzene rings is 1. The van der Waals surface area contributed by atoms with Gasteiger partial charge in [0.05, 0.1) is 5.69 Å². The molecule has 0 amide bonds. The Morgan fingerprint density at radius 2 is 2.10 bits per heavy atom. The predicted molar refractivity (Wildman–Crippen MR) is 78.8 cm³/mol. The van der Waals surface area contributed by atoms with Gasteiger partial charge in [-0.25, -0.2) is 9.07 Å². The normalized spacial score (nSPS) is 15.7. The molecule has 112 valence electrons. The molecule has 1 aromatic heterocycles. The van der Waals surface area contributed by atoms with Gasteiger partial charge in [-0.2, -0.15) is 0 Å². The molecule has 3 rings (SSSR count). The minimum atomic E-state index is -0.437. The van der Waals surface area contributed by atoms with Crippen molar-refractivity contribution in [3.63, 3.8) is 0 Å². The number of aromatic nitrogens is 4. The number of hydrogen-bond acceptors (Lipinski definition) is 4. The molecule has 2 N–H and O–H groups in total. The summed E-state index contributed by atoms with van der Waals surface area (Å²) < 4.78 is 15.3. The fraction of sp³-hybridized carbons (Fsp3) is 0.533. The van der Waals surface area contributed by atoms with E-state index in [1.165, 1.54) is 38.2 Å². The Morgan fingerprint density at radius 3 is 2.86 bits per heavy atom. The van der Waals surface area contributed by atoms with Crippen molar-refractivity contribution < 1.29 is 4.39 Å². The minimum absolute atomic E-state index is 0.138. The van der Waals surface area contributed by atoms with Crippen molar-refractivity contribution in [2.45, 2.75) is 45.1 Å². The van der Waals surface area contributed by atoms with Gasteiger partial charge in [-0.15, -0.1) is 5.10 Å². The van der Waals surface area contributed by atoms with Crippen LogP contribution in [0.4, 0.5) is 10.1 Å². The van der Waals surface area contributed by atoms with E-state index in [4.69, 9.17) is 5.73 Å². The van der Waals surface area contributed by atoms with Gasteiger partial charge in [0.1, 0.15) is 5.82 Å². The number of nitrogens with two attached hydrogens (primary N) is 1. The van der Waals surface area contributed by atoms with Gasteiger partial charge in [-0.1, -0.05) is 25.7 Å². The first-order valence-corrected chi connectivity index (χ1v) is 7.55. The third-order valence-corrected chi connectivity index (χ3v) is 4.25. The average molecular weight is 289 g/mol. The van der Waals surface area contributed by atoms with Gasteiger partial charge in [0.2, 0.25) is 0 Å². The van der Waals surface area contributed by atoms with Crippen molar-refractivity contribution in [1.82, 2.24) is 20.2 Å². The van der Waals surface area contributed by atoms with Crippen LogP contribution in [0.15, 0.2) is 18.2 Å². The monoisotopic (exact) mass is 289 g/mol. The molecule has 1 aliphatic rings. The molecule has 1 aromatic carbocycles. The van der Waals surface area contributed by atoms with E-state index in [1.54, 1.807) is 16.8 Å². The first kappa shape index (κ1) is 14.0. The maximum atomic E-state index is 13.6. The summed E-state index contributed by atoms with van der Waals surface area (Å²) in [7, 11) is 0. The minimum Gasteiger partial charge on any atom is -0.396 e. The molecule has 1 aliphatic carbocycles. The van der Waals surface area contributed by atoms with E-state index in [0.29, 0.717) is 11.4 Å². The summed E-state index contributed by atoms with van der Waals surface area (Å²) in [5.41, 5.74) is 6.29. The van der Waals surface area contributed by atoms with Crippen molar-refractivity contribution in [2.75, 3.05) is 5.73 Å². The molecule has 0 atom stereocenters. The second kappa shape index (κ2) is 6.20. The van der Waals surface area contributed by atoms with E-state index in [9.17, 15) is 4.39 Å². The van der Waals surface area contributed by atoms with Gasteiger partial charge < -0.3 is 5.73 Å². The molecular weight excluding hydrogens is 269 g/mol.